The first-order chi connectivity index (χ1) is 9.92. The Morgan fingerprint density at radius 2 is 1.71 bits per heavy atom. The van der Waals surface area contributed by atoms with Crippen LogP contribution in [0.1, 0.15) is 6.92 Å². The Labute approximate surface area is 128 Å². The maximum atomic E-state index is 13.1. The van der Waals surface area contributed by atoms with E-state index in [0.717, 1.165) is 18.3 Å². The number of hydrogen-bond donors (Lipinski definition) is 2. The van der Waals surface area contributed by atoms with E-state index in [1.54, 1.807) is 12.1 Å². The monoisotopic (exact) mass is 328 g/mol. The van der Waals surface area contributed by atoms with Crippen molar-refractivity contribution in [3.05, 3.63) is 53.3 Å². The largest absolute Gasteiger partial charge is 0.385 e. The lowest BCUT2D eigenvalue weighted by Gasteiger charge is -2.09. The van der Waals surface area contributed by atoms with Crippen molar-refractivity contribution in [3.8, 4) is 0 Å². The summed E-state index contributed by atoms with van der Waals surface area (Å²) in [6.45, 7) is 2.70. The van der Waals surface area contributed by atoms with Gasteiger partial charge in [0.1, 0.15) is 5.82 Å². The fraction of sp³-hybridized carbons (Fsp3) is 0.143. The molecule has 0 amide bonds. The zero-order chi connectivity index (χ0) is 15.5. The average Bonchev–Trinajstić information content (AvgIpc) is 2.44. The highest BCUT2D eigenvalue weighted by Gasteiger charge is 2.14. The highest BCUT2D eigenvalue weighted by atomic mass is 35.5. The van der Waals surface area contributed by atoms with Gasteiger partial charge in [-0.05, 0) is 49.4 Å². The summed E-state index contributed by atoms with van der Waals surface area (Å²) in [7, 11) is -3.73. The van der Waals surface area contributed by atoms with E-state index in [2.05, 4.69) is 10.0 Å². The quantitative estimate of drug-likeness (QED) is 0.879. The summed E-state index contributed by atoms with van der Waals surface area (Å²) in [5, 5.41) is 2.93. The maximum Gasteiger partial charge on any atom is 0.261 e. The number of benzene rings is 2. The van der Waals surface area contributed by atoms with Crippen LogP contribution in [-0.2, 0) is 10.0 Å². The van der Waals surface area contributed by atoms with Crippen LogP contribution in [0.3, 0.4) is 0 Å². The lowest BCUT2D eigenvalue weighted by molar-refractivity contribution is 0.601. The summed E-state index contributed by atoms with van der Waals surface area (Å²) < 4.78 is 39.8. The van der Waals surface area contributed by atoms with Crippen molar-refractivity contribution in [1.82, 2.24) is 0 Å². The van der Waals surface area contributed by atoms with Gasteiger partial charge in [0, 0.05) is 12.2 Å². The SMILES string of the molecule is CCNc1ccc(S(=O)(=O)Nc2ccc(F)c(Cl)c2)cc1. The third-order valence-corrected chi connectivity index (χ3v) is 4.40. The van der Waals surface area contributed by atoms with Crippen molar-refractivity contribution < 1.29 is 12.8 Å². The van der Waals surface area contributed by atoms with E-state index < -0.39 is 15.8 Å². The molecule has 0 bridgehead atoms. The van der Waals surface area contributed by atoms with Crippen molar-refractivity contribution in [2.45, 2.75) is 11.8 Å². The van der Waals surface area contributed by atoms with Gasteiger partial charge < -0.3 is 5.32 Å². The fourth-order valence-corrected chi connectivity index (χ4v) is 2.96. The van der Waals surface area contributed by atoms with Gasteiger partial charge in [-0.25, -0.2) is 12.8 Å². The van der Waals surface area contributed by atoms with Gasteiger partial charge in [0.05, 0.1) is 15.6 Å². The van der Waals surface area contributed by atoms with E-state index in [-0.39, 0.29) is 15.6 Å². The van der Waals surface area contributed by atoms with Crippen LogP contribution in [0, 0.1) is 5.82 Å². The van der Waals surface area contributed by atoms with Crippen LogP contribution in [0.15, 0.2) is 47.4 Å². The standard InChI is InChI=1S/C14H14ClFN2O2S/c1-2-17-10-3-6-12(7-4-10)21(19,20)18-11-5-8-14(16)13(15)9-11/h3-9,17-18H,2H2,1H3. The molecule has 2 aromatic carbocycles. The van der Waals surface area contributed by atoms with Gasteiger partial charge in [-0.2, -0.15) is 0 Å². The van der Waals surface area contributed by atoms with Crippen LogP contribution >= 0.6 is 11.6 Å². The highest BCUT2D eigenvalue weighted by Crippen LogP contribution is 2.22. The van der Waals surface area contributed by atoms with Crippen LogP contribution in [0.4, 0.5) is 15.8 Å². The Kier molecular flexibility index (Phi) is 4.69. The summed E-state index contributed by atoms with van der Waals surface area (Å²) in [4.78, 5) is 0.115. The first-order valence-corrected chi connectivity index (χ1v) is 8.10. The van der Waals surface area contributed by atoms with Crippen LogP contribution < -0.4 is 10.0 Å². The summed E-state index contributed by atoms with van der Waals surface area (Å²) in [5.74, 6) is -0.602. The van der Waals surface area contributed by atoms with Gasteiger partial charge in [0.15, 0.2) is 0 Å². The molecular weight excluding hydrogens is 315 g/mol. The third kappa shape index (κ3) is 3.86. The topological polar surface area (TPSA) is 58.2 Å². The Bertz CT molecular complexity index is 733. The van der Waals surface area contributed by atoms with Crippen molar-refractivity contribution >= 4 is 33.0 Å². The van der Waals surface area contributed by atoms with Gasteiger partial charge >= 0.3 is 0 Å². The molecule has 0 aliphatic heterocycles. The Hall–Kier alpha value is -1.79. The molecule has 0 aromatic heterocycles. The van der Waals surface area contributed by atoms with E-state index in [1.165, 1.54) is 24.3 Å². The van der Waals surface area contributed by atoms with E-state index in [4.69, 9.17) is 11.6 Å². The van der Waals surface area contributed by atoms with Crippen molar-refractivity contribution in [1.29, 1.82) is 0 Å². The number of nitrogens with one attached hydrogen (secondary N) is 2. The molecule has 2 N–H and O–H groups in total. The van der Waals surface area contributed by atoms with Crippen LogP contribution in [-0.4, -0.2) is 15.0 Å². The molecule has 21 heavy (non-hydrogen) atoms. The summed E-state index contributed by atoms with van der Waals surface area (Å²) >= 11 is 5.63. The van der Waals surface area contributed by atoms with E-state index in [9.17, 15) is 12.8 Å². The number of rotatable bonds is 5. The normalized spacial score (nSPS) is 11.2. The zero-order valence-electron chi connectivity index (χ0n) is 11.2. The minimum atomic E-state index is -3.73. The summed E-state index contributed by atoms with van der Waals surface area (Å²) in [6, 6.07) is 9.98. The molecule has 0 aliphatic carbocycles. The second-order valence-corrected chi connectivity index (χ2v) is 6.38. The smallest absolute Gasteiger partial charge is 0.261 e. The molecular formula is C14H14ClFN2O2S. The molecule has 0 radical (unpaired) electrons. The lowest BCUT2D eigenvalue weighted by atomic mass is 10.3. The molecule has 0 aliphatic rings. The second kappa shape index (κ2) is 6.32. The molecule has 2 rings (SSSR count). The highest BCUT2D eigenvalue weighted by molar-refractivity contribution is 7.92. The predicted molar refractivity (Wildman–Crippen MR) is 82.8 cm³/mol. The fourth-order valence-electron chi connectivity index (χ4n) is 1.73. The first kappa shape index (κ1) is 15.6. The second-order valence-electron chi connectivity index (χ2n) is 4.29. The summed E-state index contributed by atoms with van der Waals surface area (Å²) in [6.07, 6.45) is 0. The van der Waals surface area contributed by atoms with E-state index in [0.29, 0.717) is 0 Å². The molecule has 0 unspecified atom stereocenters. The Morgan fingerprint density at radius 3 is 2.29 bits per heavy atom. The Morgan fingerprint density at radius 1 is 1.10 bits per heavy atom. The molecule has 4 nitrogen and oxygen atoms in total. The lowest BCUT2D eigenvalue weighted by Crippen LogP contribution is -2.13. The molecule has 0 heterocycles. The van der Waals surface area contributed by atoms with Gasteiger partial charge in [-0.15, -0.1) is 0 Å². The molecule has 0 fully saturated rings. The van der Waals surface area contributed by atoms with Crippen molar-refractivity contribution in [2.75, 3.05) is 16.6 Å². The molecule has 7 heteroatoms. The van der Waals surface area contributed by atoms with Crippen LogP contribution in [0.25, 0.3) is 0 Å². The van der Waals surface area contributed by atoms with Crippen LogP contribution in [0.5, 0.6) is 0 Å². The molecule has 0 saturated heterocycles. The van der Waals surface area contributed by atoms with Crippen LogP contribution in [0.2, 0.25) is 5.02 Å². The predicted octanol–water partition coefficient (Wildman–Crippen LogP) is 3.71. The van der Waals surface area contributed by atoms with Gasteiger partial charge in [0.2, 0.25) is 0 Å². The van der Waals surface area contributed by atoms with Crippen molar-refractivity contribution in [3.63, 3.8) is 0 Å². The van der Waals surface area contributed by atoms with Gasteiger partial charge in [-0.3, -0.25) is 4.72 Å². The Balaban J connectivity index is 2.23. The molecule has 0 saturated carbocycles. The molecule has 0 spiro atoms. The number of halogens is 2. The number of anilines is 2. The number of sulfonamides is 1. The van der Waals surface area contributed by atoms with E-state index in [1.807, 2.05) is 6.92 Å². The third-order valence-electron chi connectivity index (χ3n) is 2.72. The summed E-state index contributed by atoms with van der Waals surface area (Å²) in [5.41, 5.74) is 1.04. The molecule has 112 valence electrons. The minimum absolute atomic E-state index is 0.115. The maximum absolute atomic E-state index is 13.1. The minimum Gasteiger partial charge on any atom is -0.385 e. The molecule has 0 atom stereocenters. The van der Waals surface area contributed by atoms with E-state index >= 15 is 0 Å². The van der Waals surface area contributed by atoms with Gasteiger partial charge in [-0.1, -0.05) is 11.6 Å². The first-order valence-electron chi connectivity index (χ1n) is 6.24. The van der Waals surface area contributed by atoms with Gasteiger partial charge in [0.25, 0.3) is 10.0 Å². The average molecular weight is 329 g/mol. The van der Waals surface area contributed by atoms with Crippen molar-refractivity contribution in [2.24, 2.45) is 0 Å². The molecule has 2 aromatic rings. The zero-order valence-corrected chi connectivity index (χ0v) is 12.8. The number of hydrogen-bond acceptors (Lipinski definition) is 3.